The Kier molecular flexibility index (Phi) is 5.92. The summed E-state index contributed by atoms with van der Waals surface area (Å²) in [7, 11) is 0. The van der Waals surface area contributed by atoms with Crippen LogP contribution in [0, 0.1) is 13.8 Å². The van der Waals surface area contributed by atoms with Gasteiger partial charge in [0.25, 0.3) is 5.91 Å². The second-order valence-corrected chi connectivity index (χ2v) is 7.03. The number of amides is 1. The molecule has 0 spiro atoms. The van der Waals surface area contributed by atoms with Crippen LogP contribution in [0.4, 0.5) is 0 Å². The van der Waals surface area contributed by atoms with Crippen LogP contribution >= 0.6 is 0 Å². The van der Waals surface area contributed by atoms with Crippen molar-refractivity contribution in [1.29, 1.82) is 0 Å². The Bertz CT molecular complexity index is 693. The van der Waals surface area contributed by atoms with E-state index in [9.17, 15) is 4.79 Å². The zero-order chi connectivity index (χ0) is 17.6. The average molecular weight is 340 g/mol. The molecule has 2 heterocycles. The third-order valence-corrected chi connectivity index (χ3v) is 4.91. The maximum atomic E-state index is 12.5. The molecule has 1 saturated heterocycles. The molecule has 4 nitrogen and oxygen atoms in total. The number of hydrogen-bond donors (Lipinski definition) is 1. The molecule has 1 amide bonds. The van der Waals surface area contributed by atoms with Gasteiger partial charge in [0, 0.05) is 12.6 Å². The molecule has 0 aliphatic carbocycles. The minimum atomic E-state index is -0.00881. The Morgan fingerprint density at radius 3 is 2.80 bits per heavy atom. The number of piperidine rings is 1. The van der Waals surface area contributed by atoms with Crippen LogP contribution in [0.5, 0.6) is 0 Å². The van der Waals surface area contributed by atoms with Gasteiger partial charge in [-0.3, -0.25) is 4.79 Å². The van der Waals surface area contributed by atoms with E-state index in [0.29, 0.717) is 11.3 Å². The number of furan rings is 1. The first-order chi connectivity index (χ1) is 12.1. The summed E-state index contributed by atoms with van der Waals surface area (Å²) in [6.07, 6.45) is 4.46. The van der Waals surface area contributed by atoms with Crippen molar-refractivity contribution in [3.05, 3.63) is 59.0 Å². The topological polar surface area (TPSA) is 45.5 Å². The predicted octanol–water partition coefficient (Wildman–Crippen LogP) is 3.72. The van der Waals surface area contributed by atoms with E-state index in [-0.39, 0.29) is 11.9 Å². The highest BCUT2D eigenvalue weighted by atomic mass is 16.3. The number of nitrogens with zero attached hydrogens (tertiary/aromatic N) is 1. The molecule has 1 aliphatic rings. The number of carbonyl (C=O) groups is 1. The monoisotopic (exact) mass is 340 g/mol. The smallest absolute Gasteiger partial charge is 0.255 e. The van der Waals surface area contributed by atoms with Gasteiger partial charge in [-0.1, -0.05) is 30.3 Å². The van der Waals surface area contributed by atoms with Gasteiger partial charge in [-0.25, -0.2) is 0 Å². The summed E-state index contributed by atoms with van der Waals surface area (Å²) in [4.78, 5) is 14.9. The molecule has 3 rings (SSSR count). The second kappa shape index (κ2) is 8.34. The molecule has 1 atom stereocenters. The number of benzene rings is 1. The van der Waals surface area contributed by atoms with Crippen molar-refractivity contribution in [2.24, 2.45) is 0 Å². The van der Waals surface area contributed by atoms with Crippen molar-refractivity contribution in [2.45, 2.75) is 45.6 Å². The lowest BCUT2D eigenvalue weighted by Gasteiger charge is -2.33. The quantitative estimate of drug-likeness (QED) is 0.872. The summed E-state index contributed by atoms with van der Waals surface area (Å²) in [5.74, 6) is 1.48. The Hall–Kier alpha value is -2.07. The number of carbonyl (C=O) groups excluding carboxylic acids is 1. The van der Waals surface area contributed by atoms with E-state index >= 15 is 0 Å². The van der Waals surface area contributed by atoms with Crippen LogP contribution in [-0.4, -0.2) is 36.5 Å². The van der Waals surface area contributed by atoms with E-state index in [4.69, 9.17) is 4.42 Å². The molecule has 4 heteroatoms. The van der Waals surface area contributed by atoms with Gasteiger partial charge in [-0.05, 0) is 64.3 Å². The molecule has 2 aromatic rings. The lowest BCUT2D eigenvalue weighted by molar-refractivity contribution is 0.0902. The zero-order valence-electron chi connectivity index (χ0n) is 15.3. The third kappa shape index (κ3) is 4.95. The van der Waals surface area contributed by atoms with Crippen LogP contribution in [0.2, 0.25) is 0 Å². The number of aryl methyl sites for hydroxylation is 3. The Labute approximate surface area is 150 Å². The van der Waals surface area contributed by atoms with Crippen LogP contribution in [0.15, 0.2) is 40.8 Å². The first-order valence-electron chi connectivity index (χ1n) is 9.26. The molecule has 0 unspecified atom stereocenters. The van der Waals surface area contributed by atoms with Crippen molar-refractivity contribution in [3.8, 4) is 0 Å². The van der Waals surface area contributed by atoms with Crippen molar-refractivity contribution in [1.82, 2.24) is 10.2 Å². The van der Waals surface area contributed by atoms with Gasteiger partial charge < -0.3 is 14.6 Å². The minimum absolute atomic E-state index is 0.00881. The van der Waals surface area contributed by atoms with Crippen molar-refractivity contribution in [3.63, 3.8) is 0 Å². The fraction of sp³-hybridized carbons (Fsp3) is 0.476. The number of hydrogen-bond acceptors (Lipinski definition) is 3. The first kappa shape index (κ1) is 17.7. The van der Waals surface area contributed by atoms with Crippen LogP contribution in [0.25, 0.3) is 0 Å². The van der Waals surface area contributed by atoms with Crippen LogP contribution < -0.4 is 5.32 Å². The molecular formula is C21H28N2O2. The summed E-state index contributed by atoms with van der Waals surface area (Å²) < 4.78 is 5.47. The van der Waals surface area contributed by atoms with E-state index in [1.54, 1.807) is 0 Å². The summed E-state index contributed by atoms with van der Waals surface area (Å²) in [5.41, 5.74) is 2.06. The standard InChI is InChI=1S/C21H28N2O2/c1-16-14-20(17(2)25-16)21(24)22-19-11-7-13-23(15-19)12-6-10-18-8-4-3-5-9-18/h3-5,8-9,14,19H,6-7,10-13,15H2,1-2H3,(H,22,24)/t19-/m1/s1. The molecule has 1 aromatic carbocycles. The lowest BCUT2D eigenvalue weighted by Crippen LogP contribution is -2.48. The molecule has 1 aromatic heterocycles. The van der Waals surface area contributed by atoms with Gasteiger partial charge in [0.2, 0.25) is 0 Å². The second-order valence-electron chi connectivity index (χ2n) is 7.03. The summed E-state index contributed by atoms with van der Waals surface area (Å²) in [6.45, 7) is 6.88. The molecule has 1 fully saturated rings. The van der Waals surface area contributed by atoms with E-state index in [0.717, 1.165) is 51.1 Å². The first-order valence-corrected chi connectivity index (χ1v) is 9.26. The molecule has 1 aliphatic heterocycles. The summed E-state index contributed by atoms with van der Waals surface area (Å²) >= 11 is 0. The van der Waals surface area contributed by atoms with E-state index in [2.05, 4.69) is 40.5 Å². The molecule has 0 saturated carbocycles. The maximum Gasteiger partial charge on any atom is 0.255 e. The molecule has 1 N–H and O–H groups in total. The molecule has 25 heavy (non-hydrogen) atoms. The fourth-order valence-corrected chi connectivity index (χ4v) is 3.65. The van der Waals surface area contributed by atoms with Gasteiger partial charge in [0.05, 0.1) is 5.56 Å². The van der Waals surface area contributed by atoms with Gasteiger partial charge in [0.1, 0.15) is 11.5 Å². The Morgan fingerprint density at radius 1 is 1.28 bits per heavy atom. The van der Waals surface area contributed by atoms with Crippen LogP contribution in [0.1, 0.15) is 46.7 Å². The van der Waals surface area contributed by atoms with E-state index < -0.39 is 0 Å². The van der Waals surface area contributed by atoms with E-state index in [1.165, 1.54) is 5.56 Å². The Balaban J connectivity index is 1.46. The number of nitrogens with one attached hydrogen (secondary N) is 1. The van der Waals surface area contributed by atoms with Crippen molar-refractivity contribution in [2.75, 3.05) is 19.6 Å². The number of likely N-dealkylation sites (tertiary alicyclic amines) is 1. The Morgan fingerprint density at radius 2 is 2.08 bits per heavy atom. The highest BCUT2D eigenvalue weighted by Gasteiger charge is 2.23. The van der Waals surface area contributed by atoms with Gasteiger partial charge in [-0.15, -0.1) is 0 Å². The van der Waals surface area contributed by atoms with Crippen LogP contribution in [0.3, 0.4) is 0 Å². The minimum Gasteiger partial charge on any atom is -0.466 e. The molecule has 134 valence electrons. The summed E-state index contributed by atoms with van der Waals surface area (Å²) in [5, 5.41) is 3.19. The summed E-state index contributed by atoms with van der Waals surface area (Å²) in [6, 6.07) is 12.7. The highest BCUT2D eigenvalue weighted by molar-refractivity contribution is 5.95. The fourth-order valence-electron chi connectivity index (χ4n) is 3.65. The molecule has 0 radical (unpaired) electrons. The molecular weight excluding hydrogens is 312 g/mol. The van der Waals surface area contributed by atoms with Crippen molar-refractivity contribution >= 4 is 5.91 Å². The van der Waals surface area contributed by atoms with Gasteiger partial charge in [0.15, 0.2) is 0 Å². The third-order valence-electron chi connectivity index (χ3n) is 4.91. The maximum absolute atomic E-state index is 12.5. The SMILES string of the molecule is Cc1cc(C(=O)N[C@@H]2CCCN(CCCc3ccccc3)C2)c(C)o1. The van der Waals surface area contributed by atoms with Gasteiger partial charge >= 0.3 is 0 Å². The lowest BCUT2D eigenvalue weighted by atomic mass is 10.0. The normalized spacial score (nSPS) is 18.2. The largest absolute Gasteiger partial charge is 0.466 e. The highest BCUT2D eigenvalue weighted by Crippen LogP contribution is 2.16. The van der Waals surface area contributed by atoms with E-state index in [1.807, 2.05) is 19.9 Å². The van der Waals surface area contributed by atoms with Gasteiger partial charge in [-0.2, -0.15) is 0 Å². The van der Waals surface area contributed by atoms with Crippen molar-refractivity contribution < 1.29 is 9.21 Å². The average Bonchev–Trinajstić information content (AvgIpc) is 2.95. The predicted molar refractivity (Wildman–Crippen MR) is 99.9 cm³/mol. The molecule has 0 bridgehead atoms. The van der Waals surface area contributed by atoms with Crippen LogP contribution in [-0.2, 0) is 6.42 Å². The number of rotatable bonds is 6. The zero-order valence-corrected chi connectivity index (χ0v) is 15.3.